The standard InChI is InChI=1S/C17H21N3O/c1-13-11-14(7-8-18)12-19-17(13)20-9-4-10-21-16-6-3-2-5-15(16)20/h2-3,5-6,11-12H,4,7-10,18H2,1H3. The highest BCUT2D eigenvalue weighted by molar-refractivity contribution is 5.69. The molecule has 3 rings (SSSR count). The first kappa shape index (κ1) is 13.9. The lowest BCUT2D eigenvalue weighted by Gasteiger charge is -2.24. The molecule has 0 fully saturated rings. The molecular weight excluding hydrogens is 262 g/mol. The van der Waals surface area contributed by atoms with Gasteiger partial charge in [-0.25, -0.2) is 4.98 Å². The van der Waals surface area contributed by atoms with Gasteiger partial charge in [-0.3, -0.25) is 0 Å². The van der Waals surface area contributed by atoms with Crippen molar-refractivity contribution in [1.29, 1.82) is 0 Å². The number of nitrogens with zero attached hydrogens (tertiary/aromatic N) is 2. The van der Waals surface area contributed by atoms with Crippen LogP contribution in [0.2, 0.25) is 0 Å². The van der Waals surface area contributed by atoms with E-state index in [9.17, 15) is 0 Å². The van der Waals surface area contributed by atoms with Crippen LogP contribution in [0.15, 0.2) is 36.5 Å². The number of hydrogen-bond donors (Lipinski definition) is 1. The molecule has 0 unspecified atom stereocenters. The number of fused-ring (bicyclic) bond motifs is 1. The van der Waals surface area contributed by atoms with Crippen molar-refractivity contribution in [2.24, 2.45) is 5.73 Å². The molecule has 0 saturated heterocycles. The highest BCUT2D eigenvalue weighted by Gasteiger charge is 2.19. The molecule has 0 radical (unpaired) electrons. The molecule has 2 heterocycles. The Morgan fingerprint density at radius 1 is 1.33 bits per heavy atom. The molecule has 1 aliphatic rings. The van der Waals surface area contributed by atoms with E-state index in [1.54, 1.807) is 0 Å². The Morgan fingerprint density at radius 3 is 3.00 bits per heavy atom. The maximum atomic E-state index is 5.82. The van der Waals surface area contributed by atoms with Gasteiger partial charge in [-0.15, -0.1) is 0 Å². The van der Waals surface area contributed by atoms with E-state index in [4.69, 9.17) is 10.5 Å². The summed E-state index contributed by atoms with van der Waals surface area (Å²) in [7, 11) is 0. The zero-order valence-corrected chi connectivity index (χ0v) is 12.4. The summed E-state index contributed by atoms with van der Waals surface area (Å²) in [6, 6.07) is 10.3. The smallest absolute Gasteiger partial charge is 0.142 e. The second-order valence-corrected chi connectivity index (χ2v) is 5.34. The number of nitrogens with two attached hydrogens (primary N) is 1. The van der Waals surface area contributed by atoms with E-state index in [-0.39, 0.29) is 0 Å². The van der Waals surface area contributed by atoms with Crippen molar-refractivity contribution in [1.82, 2.24) is 4.98 Å². The number of para-hydroxylation sites is 2. The lowest BCUT2D eigenvalue weighted by atomic mass is 10.1. The van der Waals surface area contributed by atoms with Crippen molar-refractivity contribution in [3.8, 4) is 5.75 Å². The van der Waals surface area contributed by atoms with Crippen LogP contribution in [0.25, 0.3) is 0 Å². The van der Waals surface area contributed by atoms with Gasteiger partial charge in [0.1, 0.15) is 11.6 Å². The van der Waals surface area contributed by atoms with Crippen molar-refractivity contribution in [2.45, 2.75) is 19.8 Å². The molecule has 0 atom stereocenters. The molecule has 1 aromatic heterocycles. The number of ether oxygens (including phenoxy) is 1. The monoisotopic (exact) mass is 283 g/mol. The Bertz CT molecular complexity index is 627. The highest BCUT2D eigenvalue weighted by atomic mass is 16.5. The largest absolute Gasteiger partial charge is 0.491 e. The first-order valence-electron chi connectivity index (χ1n) is 7.44. The Morgan fingerprint density at radius 2 is 2.19 bits per heavy atom. The molecule has 110 valence electrons. The van der Waals surface area contributed by atoms with Crippen LogP contribution in [0.4, 0.5) is 11.5 Å². The van der Waals surface area contributed by atoms with Crippen molar-refractivity contribution in [3.63, 3.8) is 0 Å². The van der Waals surface area contributed by atoms with Gasteiger partial charge in [0.25, 0.3) is 0 Å². The summed E-state index contributed by atoms with van der Waals surface area (Å²) in [5.41, 5.74) is 9.09. The van der Waals surface area contributed by atoms with Crippen molar-refractivity contribution >= 4 is 11.5 Å². The fraction of sp³-hybridized carbons (Fsp3) is 0.353. The normalized spacial score (nSPS) is 14.3. The van der Waals surface area contributed by atoms with Gasteiger partial charge in [0.2, 0.25) is 0 Å². The fourth-order valence-corrected chi connectivity index (χ4v) is 2.76. The number of benzene rings is 1. The van der Waals surface area contributed by atoms with Crippen molar-refractivity contribution in [3.05, 3.63) is 47.7 Å². The van der Waals surface area contributed by atoms with Crippen LogP contribution in [-0.4, -0.2) is 24.7 Å². The third-order valence-electron chi connectivity index (χ3n) is 3.74. The molecule has 4 nitrogen and oxygen atoms in total. The lowest BCUT2D eigenvalue weighted by Crippen LogP contribution is -2.20. The Balaban J connectivity index is 2.00. The minimum Gasteiger partial charge on any atom is -0.491 e. The number of rotatable bonds is 3. The first-order valence-corrected chi connectivity index (χ1v) is 7.44. The van der Waals surface area contributed by atoms with Crippen LogP contribution in [-0.2, 0) is 6.42 Å². The maximum absolute atomic E-state index is 5.82. The van der Waals surface area contributed by atoms with Gasteiger partial charge in [0, 0.05) is 12.7 Å². The van der Waals surface area contributed by atoms with E-state index in [1.165, 1.54) is 11.1 Å². The average molecular weight is 283 g/mol. The molecule has 0 saturated carbocycles. The van der Waals surface area contributed by atoms with Gasteiger partial charge < -0.3 is 15.4 Å². The Kier molecular flexibility index (Phi) is 4.06. The van der Waals surface area contributed by atoms with Crippen LogP contribution in [0, 0.1) is 6.92 Å². The summed E-state index contributed by atoms with van der Waals surface area (Å²) < 4.78 is 5.82. The molecular formula is C17H21N3O. The third-order valence-corrected chi connectivity index (χ3v) is 3.74. The van der Waals surface area contributed by atoms with E-state index in [0.29, 0.717) is 6.54 Å². The van der Waals surface area contributed by atoms with Crippen LogP contribution in [0.3, 0.4) is 0 Å². The van der Waals surface area contributed by atoms with E-state index >= 15 is 0 Å². The molecule has 0 amide bonds. The van der Waals surface area contributed by atoms with Crippen LogP contribution in [0.5, 0.6) is 5.75 Å². The van der Waals surface area contributed by atoms with Crippen LogP contribution in [0.1, 0.15) is 17.5 Å². The number of aromatic nitrogens is 1. The first-order chi connectivity index (χ1) is 10.3. The molecule has 0 aliphatic carbocycles. The predicted octanol–water partition coefficient (Wildman–Crippen LogP) is 2.81. The van der Waals surface area contributed by atoms with Crippen LogP contribution < -0.4 is 15.4 Å². The summed E-state index contributed by atoms with van der Waals surface area (Å²) in [5, 5.41) is 0. The molecule has 1 aliphatic heterocycles. The highest BCUT2D eigenvalue weighted by Crippen LogP contribution is 2.36. The molecule has 2 aromatic rings. The molecule has 0 spiro atoms. The second-order valence-electron chi connectivity index (χ2n) is 5.34. The van der Waals surface area contributed by atoms with E-state index in [0.717, 1.165) is 43.2 Å². The van der Waals surface area contributed by atoms with E-state index < -0.39 is 0 Å². The fourth-order valence-electron chi connectivity index (χ4n) is 2.76. The molecule has 1 aromatic carbocycles. The van der Waals surface area contributed by atoms with Gasteiger partial charge in [-0.05, 0) is 49.6 Å². The zero-order valence-electron chi connectivity index (χ0n) is 12.4. The lowest BCUT2D eigenvalue weighted by molar-refractivity contribution is 0.322. The van der Waals surface area contributed by atoms with Crippen molar-refractivity contribution < 1.29 is 4.74 Å². The average Bonchev–Trinajstić information content (AvgIpc) is 2.70. The Hall–Kier alpha value is -2.07. The van der Waals surface area contributed by atoms with Crippen molar-refractivity contribution in [2.75, 3.05) is 24.6 Å². The van der Waals surface area contributed by atoms with Gasteiger partial charge in [-0.1, -0.05) is 18.2 Å². The summed E-state index contributed by atoms with van der Waals surface area (Å²) in [6.07, 6.45) is 3.79. The molecule has 21 heavy (non-hydrogen) atoms. The summed E-state index contributed by atoms with van der Waals surface area (Å²) in [5.74, 6) is 1.94. The topological polar surface area (TPSA) is 51.4 Å². The molecule has 0 bridgehead atoms. The quantitative estimate of drug-likeness (QED) is 0.941. The Labute approximate surface area is 125 Å². The van der Waals surface area contributed by atoms with Gasteiger partial charge >= 0.3 is 0 Å². The van der Waals surface area contributed by atoms with Gasteiger partial charge in [0.15, 0.2) is 0 Å². The number of anilines is 2. The van der Waals surface area contributed by atoms with E-state index in [2.05, 4.69) is 28.9 Å². The zero-order chi connectivity index (χ0) is 14.7. The summed E-state index contributed by atoms with van der Waals surface area (Å²) >= 11 is 0. The minimum atomic E-state index is 0.654. The summed E-state index contributed by atoms with van der Waals surface area (Å²) in [4.78, 5) is 6.93. The minimum absolute atomic E-state index is 0.654. The SMILES string of the molecule is Cc1cc(CCN)cnc1N1CCCOc2ccccc21. The van der Waals surface area contributed by atoms with Gasteiger partial charge in [0.05, 0.1) is 12.3 Å². The molecule has 4 heteroatoms. The second kappa shape index (κ2) is 6.14. The number of hydrogen-bond acceptors (Lipinski definition) is 4. The number of pyridine rings is 1. The van der Waals surface area contributed by atoms with Crippen LogP contribution >= 0.6 is 0 Å². The summed E-state index contributed by atoms with van der Waals surface area (Å²) in [6.45, 7) is 4.43. The number of aryl methyl sites for hydroxylation is 1. The molecule has 2 N–H and O–H groups in total. The van der Waals surface area contributed by atoms with Gasteiger partial charge in [-0.2, -0.15) is 0 Å². The maximum Gasteiger partial charge on any atom is 0.142 e. The predicted molar refractivity (Wildman–Crippen MR) is 85.3 cm³/mol. The van der Waals surface area contributed by atoms with E-state index in [1.807, 2.05) is 24.4 Å². The third kappa shape index (κ3) is 2.85.